The summed E-state index contributed by atoms with van der Waals surface area (Å²) in [7, 11) is 10.9. The summed E-state index contributed by atoms with van der Waals surface area (Å²) in [6.07, 6.45) is -3.06. The molecule has 0 saturated carbocycles. The fraction of sp³-hybridized carbons (Fsp3) is 0.750. The lowest BCUT2D eigenvalue weighted by molar-refractivity contribution is -0.321. The first-order valence-corrected chi connectivity index (χ1v) is 28.9. The first-order valence-electron chi connectivity index (χ1n) is 28.9. The second-order valence-corrected chi connectivity index (χ2v) is 24.0. The molecular weight excluding hydrogens is 1060 g/mol. The maximum Gasteiger partial charge on any atom is 0.509 e. The molecule has 18 atom stereocenters. The number of aromatic nitrogens is 1. The van der Waals surface area contributed by atoms with Gasteiger partial charge in [0.25, 0.3) is 0 Å². The van der Waals surface area contributed by atoms with Crippen LogP contribution in [0.1, 0.15) is 125 Å². The molecule has 6 rings (SSSR count). The van der Waals surface area contributed by atoms with Crippen LogP contribution in [0.3, 0.4) is 0 Å². The van der Waals surface area contributed by atoms with E-state index >= 15 is 0 Å². The van der Waals surface area contributed by atoms with Crippen LogP contribution in [0.4, 0.5) is 4.79 Å². The number of carbonyl (C=O) groups is 4. The van der Waals surface area contributed by atoms with E-state index in [-0.39, 0.29) is 69.3 Å². The number of hydrogen-bond acceptors (Lipinski definition) is 21. The van der Waals surface area contributed by atoms with Crippen LogP contribution < -0.4 is 10.4 Å². The Kier molecular flexibility index (Phi) is 22.6. The van der Waals surface area contributed by atoms with Crippen LogP contribution in [-0.4, -0.2) is 209 Å². The Labute approximate surface area is 484 Å². The Morgan fingerprint density at radius 1 is 0.915 bits per heavy atom. The van der Waals surface area contributed by atoms with E-state index in [1.54, 1.807) is 50.6 Å². The van der Waals surface area contributed by atoms with Gasteiger partial charge >= 0.3 is 24.1 Å². The predicted molar refractivity (Wildman–Crippen MR) is 305 cm³/mol. The summed E-state index contributed by atoms with van der Waals surface area (Å²) in [6.45, 7) is 22.7. The van der Waals surface area contributed by atoms with E-state index in [1.807, 2.05) is 118 Å². The van der Waals surface area contributed by atoms with E-state index in [0.29, 0.717) is 23.9 Å². The summed E-state index contributed by atoms with van der Waals surface area (Å²) in [5.74, 6) is -3.93. The van der Waals surface area contributed by atoms with Gasteiger partial charge in [0, 0.05) is 64.6 Å². The van der Waals surface area contributed by atoms with Gasteiger partial charge in [-0.3, -0.25) is 24.0 Å². The van der Waals surface area contributed by atoms with Crippen molar-refractivity contribution in [3.05, 3.63) is 51.8 Å². The minimum Gasteiger partial charge on any atom is -0.462 e. The zero-order valence-corrected chi connectivity index (χ0v) is 51.7. The number of pyridine rings is 1. The molecule has 0 unspecified atom stereocenters. The van der Waals surface area contributed by atoms with E-state index in [9.17, 15) is 29.1 Å². The number of carbonyl (C=O) groups excluding carboxylic acids is 4. The number of nitrogens with zero attached hydrogens (tertiary/aromatic N) is 4. The van der Waals surface area contributed by atoms with Crippen molar-refractivity contribution in [3.8, 4) is 0 Å². The van der Waals surface area contributed by atoms with Crippen molar-refractivity contribution >= 4 is 41.0 Å². The SMILES string of the molecule is CCOC(=O)c1cn(N(C)C)c2ccc(/C=C/COCCO[C@H]3[C@H](C)O[C@@H](O[C@H]4[C@H](C)[C@@H](O[C@@H]5O[C@H](C)C[C@H](N(C)C)[C@H]5OC(C)=O)[C@](C)(O)C[C@@H](C)CN(C)[C@H](C)[C@H]5OC(=O)O[C@]5(C)[C@@H](CC)OC(=O)[C@@H]4C)C[C@@]3(C)OC)cc2c1=O. The third-order valence-corrected chi connectivity index (χ3v) is 16.9. The first kappa shape index (κ1) is 66.4. The highest BCUT2D eigenvalue weighted by Crippen LogP contribution is 2.43. The van der Waals surface area contributed by atoms with Crippen LogP contribution in [0, 0.1) is 17.8 Å². The summed E-state index contributed by atoms with van der Waals surface area (Å²) in [4.78, 5) is 70.8. The summed E-state index contributed by atoms with van der Waals surface area (Å²) < 4.78 is 77.0. The van der Waals surface area contributed by atoms with E-state index in [4.69, 9.17) is 56.8 Å². The van der Waals surface area contributed by atoms with Crippen LogP contribution in [0.2, 0.25) is 0 Å². The molecule has 0 spiro atoms. The van der Waals surface area contributed by atoms with Crippen LogP contribution in [0.15, 0.2) is 35.3 Å². The van der Waals surface area contributed by atoms with Crippen molar-refractivity contribution in [2.24, 2.45) is 17.8 Å². The number of hydrogen-bond donors (Lipinski definition) is 1. The smallest absolute Gasteiger partial charge is 0.462 e. The highest BCUT2D eigenvalue weighted by Gasteiger charge is 2.58. The van der Waals surface area contributed by atoms with Crippen LogP contribution >= 0.6 is 0 Å². The van der Waals surface area contributed by atoms with Gasteiger partial charge in [-0.05, 0) is 119 Å². The van der Waals surface area contributed by atoms with E-state index < -0.39 is 119 Å². The zero-order valence-electron chi connectivity index (χ0n) is 51.7. The molecular formula is C60H94N4O18. The Morgan fingerprint density at radius 2 is 1.62 bits per heavy atom. The Bertz CT molecular complexity index is 2590. The molecule has 4 saturated heterocycles. The van der Waals surface area contributed by atoms with Gasteiger partial charge in [-0.2, -0.15) is 0 Å². The molecule has 0 radical (unpaired) electrons. The predicted octanol–water partition coefficient (Wildman–Crippen LogP) is 6.10. The number of methoxy groups -OCH3 is 1. The van der Waals surface area contributed by atoms with Gasteiger partial charge in [0.15, 0.2) is 30.4 Å². The van der Waals surface area contributed by atoms with Crippen LogP contribution in [0.5, 0.6) is 0 Å². The lowest BCUT2D eigenvalue weighted by atomic mass is 9.77. The molecule has 0 amide bonds. The molecule has 1 aromatic carbocycles. The largest absolute Gasteiger partial charge is 0.509 e. The number of rotatable bonds is 18. The number of benzene rings is 1. The van der Waals surface area contributed by atoms with Crippen molar-refractivity contribution in [1.29, 1.82) is 0 Å². The number of cyclic esters (lactones) is 1. The minimum atomic E-state index is -1.64. The minimum absolute atomic E-state index is 0.0558. The number of fused-ring (bicyclic) bond motifs is 2. The third kappa shape index (κ3) is 15.2. The Hall–Kier alpha value is -4.75. The highest BCUT2D eigenvalue weighted by molar-refractivity contribution is 5.94. The highest BCUT2D eigenvalue weighted by atomic mass is 16.8. The molecule has 4 fully saturated rings. The van der Waals surface area contributed by atoms with Gasteiger partial charge in [-0.25, -0.2) is 9.59 Å². The van der Waals surface area contributed by atoms with E-state index in [1.165, 1.54) is 13.1 Å². The van der Waals surface area contributed by atoms with E-state index in [0.717, 1.165) is 5.56 Å². The number of esters is 3. The van der Waals surface area contributed by atoms with Crippen molar-refractivity contribution in [3.63, 3.8) is 0 Å². The lowest BCUT2D eigenvalue weighted by Gasteiger charge is -2.49. The van der Waals surface area contributed by atoms with Crippen molar-refractivity contribution in [1.82, 2.24) is 14.5 Å². The lowest BCUT2D eigenvalue weighted by Crippen LogP contribution is -2.61. The first-order chi connectivity index (χ1) is 38.5. The molecule has 462 valence electrons. The van der Waals surface area contributed by atoms with Gasteiger partial charge in [0.05, 0.1) is 79.5 Å². The van der Waals surface area contributed by atoms with Gasteiger partial charge in [0.1, 0.15) is 17.8 Å². The molecule has 4 aliphatic heterocycles. The molecule has 2 aromatic rings. The maximum atomic E-state index is 14.9. The normalized spacial score (nSPS) is 36.2. The molecule has 22 heteroatoms. The number of likely N-dealkylation sites (N-methyl/N-ethyl adjacent to an activating group) is 2. The van der Waals surface area contributed by atoms with Crippen LogP contribution in [0.25, 0.3) is 17.0 Å². The molecule has 82 heavy (non-hydrogen) atoms. The summed E-state index contributed by atoms with van der Waals surface area (Å²) in [5, 5.41) is 15.2. The number of ether oxygens (including phenoxy) is 12. The van der Waals surface area contributed by atoms with Gasteiger partial charge in [0.2, 0.25) is 5.43 Å². The summed E-state index contributed by atoms with van der Waals surface area (Å²) >= 11 is 0. The second-order valence-electron chi connectivity index (χ2n) is 24.0. The van der Waals surface area contributed by atoms with Crippen molar-refractivity contribution in [2.75, 3.05) is 80.3 Å². The Morgan fingerprint density at radius 3 is 2.26 bits per heavy atom. The third-order valence-electron chi connectivity index (χ3n) is 16.9. The fourth-order valence-electron chi connectivity index (χ4n) is 12.6. The molecule has 1 N–H and O–H groups in total. The summed E-state index contributed by atoms with van der Waals surface area (Å²) in [5.41, 5.74) is -3.09. The van der Waals surface area contributed by atoms with Gasteiger partial charge in [-0.15, -0.1) is 0 Å². The quantitative estimate of drug-likeness (QED) is 0.101. The zero-order chi connectivity index (χ0) is 60.8. The maximum absolute atomic E-state index is 14.9. The van der Waals surface area contributed by atoms with Gasteiger partial charge in [-0.1, -0.05) is 39.0 Å². The molecule has 1 aromatic heterocycles. The molecule has 5 heterocycles. The Balaban J connectivity index is 1.24. The van der Waals surface area contributed by atoms with Crippen molar-refractivity contribution in [2.45, 2.75) is 199 Å². The average molecular weight is 1160 g/mol. The van der Waals surface area contributed by atoms with Crippen molar-refractivity contribution < 1.29 is 81.1 Å². The average Bonchev–Trinajstić information content (AvgIpc) is 2.59. The fourth-order valence-corrected chi connectivity index (χ4v) is 12.6. The number of aliphatic hydroxyl groups is 1. The second kappa shape index (κ2) is 28.0. The molecule has 0 aliphatic carbocycles. The topological polar surface area (TPSA) is 231 Å². The van der Waals surface area contributed by atoms with Crippen LogP contribution in [-0.2, 0) is 66.4 Å². The summed E-state index contributed by atoms with van der Waals surface area (Å²) in [6, 6.07) is 4.73. The molecule has 4 aliphatic rings. The van der Waals surface area contributed by atoms with E-state index in [2.05, 4.69) is 0 Å². The van der Waals surface area contributed by atoms with Gasteiger partial charge < -0.3 is 71.9 Å². The molecule has 22 nitrogen and oxygen atoms in total. The standard InChI is InChI=1S/C60H94N4O18/c1-19-46-60(12)52(81-57(69)82-60)38(7)63(17)32-34(3)30-58(10,70)51(80-56-50(77-40(9)65)45(61(13)14)28-35(4)75-56)36(5)49(37(6)54(67)78-46)79-47-31-59(11,71-18)53(39(8)76-47)74-27-26-72-25-21-22-41-23-24-44-42(29-41)48(66)43(55(68)73-20-2)33-64(44)62(15)16/h21-24,29,33-39,45-47,49-53,56,70H,19-20,25-28,30-32H2,1-18H3/b22-21+/t34-,35-,36+,37-,38-,39+,45+,46-,47+,49+,50-,51-,52-,53+,56+,58-,59-,60-/m1/s1. The molecule has 0 bridgehead atoms. The monoisotopic (exact) mass is 1160 g/mol.